The molecule has 0 radical (unpaired) electrons. The van der Waals surface area contributed by atoms with E-state index in [1.807, 2.05) is 42.3 Å². The molecule has 2 aliphatic heterocycles. The van der Waals surface area contributed by atoms with Crippen LogP contribution in [0.3, 0.4) is 0 Å². The van der Waals surface area contributed by atoms with Gasteiger partial charge in [0, 0.05) is 24.1 Å². The molecular weight excluding hydrogens is 320 g/mol. The molecule has 2 aliphatic rings. The number of piperidine rings is 1. The van der Waals surface area contributed by atoms with Crippen LogP contribution in [-0.2, 0) is 9.53 Å². The van der Waals surface area contributed by atoms with E-state index in [1.54, 1.807) is 0 Å². The number of alkyl carbamates (subject to hydrolysis) is 1. The monoisotopic (exact) mass is 346 g/mol. The summed E-state index contributed by atoms with van der Waals surface area (Å²) in [6.07, 6.45) is 1.51. The average Bonchev–Trinajstić information content (AvgIpc) is 2.91. The smallest absolute Gasteiger partial charge is 0.407 e. The number of likely N-dealkylation sites (tertiary alicyclic amines) is 1. The number of carbonyl (C=O) groups excluding carboxylic acids is 2. The first-order chi connectivity index (χ1) is 10.4. The molecule has 2 amide bonds. The fourth-order valence-electron chi connectivity index (χ4n) is 3.14. The van der Waals surface area contributed by atoms with Gasteiger partial charge in [0.1, 0.15) is 6.04 Å². The maximum absolute atomic E-state index is 12.8. The Hall–Kier alpha value is -0.560. The number of thioether (sulfide) groups is 2. The molecule has 2 rings (SSSR count). The Labute approximate surface area is 141 Å². The van der Waals surface area contributed by atoms with Crippen molar-refractivity contribution in [1.29, 1.82) is 0 Å². The average molecular weight is 347 g/mol. The summed E-state index contributed by atoms with van der Waals surface area (Å²) in [6.45, 7) is 6.77. The van der Waals surface area contributed by atoms with Gasteiger partial charge in [-0.15, -0.1) is 23.5 Å². The van der Waals surface area contributed by atoms with Gasteiger partial charge in [0.05, 0.1) is 11.2 Å². The van der Waals surface area contributed by atoms with Crippen LogP contribution < -0.4 is 5.32 Å². The van der Waals surface area contributed by atoms with Crippen molar-refractivity contribution in [3.8, 4) is 0 Å². The fraction of sp³-hybridized carbons (Fsp3) is 0.867. The number of hydrogen-bond acceptors (Lipinski definition) is 5. The summed E-state index contributed by atoms with van der Waals surface area (Å²) in [4.78, 5) is 26.3. The minimum Gasteiger partial charge on any atom is -0.453 e. The standard InChI is InChI=1S/C15H26N2O3S2/c1-10(2)12(16-14(19)20-4)13(18)17-6-5-15(9-11(17)3)21-7-8-22-15/h10-12H,5-9H2,1-4H3,(H,16,19)/t11-,12?/m1/s1. The van der Waals surface area contributed by atoms with Crippen molar-refractivity contribution < 1.29 is 14.3 Å². The van der Waals surface area contributed by atoms with Gasteiger partial charge in [0.15, 0.2) is 0 Å². The molecule has 0 saturated carbocycles. The van der Waals surface area contributed by atoms with Crippen LogP contribution >= 0.6 is 23.5 Å². The van der Waals surface area contributed by atoms with Crippen LogP contribution in [0.15, 0.2) is 0 Å². The lowest BCUT2D eigenvalue weighted by molar-refractivity contribution is -0.137. The summed E-state index contributed by atoms with van der Waals surface area (Å²) in [5, 5.41) is 2.68. The van der Waals surface area contributed by atoms with E-state index in [0.29, 0.717) is 4.08 Å². The van der Waals surface area contributed by atoms with E-state index in [9.17, 15) is 9.59 Å². The van der Waals surface area contributed by atoms with Gasteiger partial charge in [-0.1, -0.05) is 13.8 Å². The van der Waals surface area contributed by atoms with E-state index < -0.39 is 12.1 Å². The van der Waals surface area contributed by atoms with Crippen LogP contribution in [0.4, 0.5) is 4.79 Å². The zero-order valence-electron chi connectivity index (χ0n) is 13.8. The fourth-order valence-corrected chi connectivity index (χ4v) is 6.57. The summed E-state index contributed by atoms with van der Waals surface area (Å²) >= 11 is 4.09. The van der Waals surface area contributed by atoms with Gasteiger partial charge >= 0.3 is 6.09 Å². The summed E-state index contributed by atoms with van der Waals surface area (Å²) in [6, 6.07) is -0.312. The molecule has 2 saturated heterocycles. The van der Waals surface area contributed by atoms with Gasteiger partial charge in [-0.25, -0.2) is 4.79 Å². The first-order valence-electron chi connectivity index (χ1n) is 7.81. The van der Waals surface area contributed by atoms with E-state index in [-0.39, 0.29) is 17.9 Å². The predicted molar refractivity (Wildman–Crippen MR) is 92.2 cm³/mol. The third-order valence-electron chi connectivity index (χ3n) is 4.36. The Morgan fingerprint density at radius 2 is 1.95 bits per heavy atom. The third-order valence-corrected chi connectivity index (χ3v) is 7.94. The maximum atomic E-state index is 12.8. The van der Waals surface area contributed by atoms with Gasteiger partial charge in [-0.2, -0.15) is 0 Å². The summed E-state index contributed by atoms with van der Waals surface area (Å²) in [5.41, 5.74) is 0. The molecule has 0 aromatic rings. The number of carbonyl (C=O) groups is 2. The molecule has 0 bridgehead atoms. The van der Waals surface area contributed by atoms with Crippen molar-refractivity contribution in [3.63, 3.8) is 0 Å². The molecule has 0 aromatic carbocycles. The Morgan fingerprint density at radius 1 is 1.32 bits per heavy atom. The quantitative estimate of drug-likeness (QED) is 0.851. The largest absolute Gasteiger partial charge is 0.453 e. The van der Waals surface area contributed by atoms with Gasteiger partial charge in [0.25, 0.3) is 0 Å². The van der Waals surface area contributed by atoms with Gasteiger partial charge in [0.2, 0.25) is 5.91 Å². The Kier molecular flexibility index (Phi) is 5.94. The van der Waals surface area contributed by atoms with Crippen LogP contribution in [0.5, 0.6) is 0 Å². The molecule has 126 valence electrons. The van der Waals surface area contributed by atoms with Crippen molar-refractivity contribution in [2.24, 2.45) is 5.92 Å². The van der Waals surface area contributed by atoms with E-state index in [2.05, 4.69) is 17.0 Å². The number of nitrogens with one attached hydrogen (secondary N) is 1. The summed E-state index contributed by atoms with van der Waals surface area (Å²) < 4.78 is 4.95. The lowest BCUT2D eigenvalue weighted by Gasteiger charge is -2.44. The molecule has 1 N–H and O–H groups in total. The lowest BCUT2D eigenvalue weighted by atomic mass is 9.97. The summed E-state index contributed by atoms with van der Waals surface area (Å²) in [5.74, 6) is 2.47. The second kappa shape index (κ2) is 7.34. The van der Waals surface area contributed by atoms with E-state index in [4.69, 9.17) is 0 Å². The van der Waals surface area contributed by atoms with Crippen molar-refractivity contribution in [3.05, 3.63) is 0 Å². The lowest BCUT2D eigenvalue weighted by Crippen LogP contribution is -2.57. The number of methoxy groups -OCH3 is 1. The highest BCUT2D eigenvalue weighted by molar-refractivity contribution is 8.21. The number of ether oxygens (including phenoxy) is 1. The highest BCUT2D eigenvalue weighted by Crippen LogP contribution is 2.52. The van der Waals surface area contributed by atoms with Gasteiger partial charge < -0.3 is 15.0 Å². The number of amides is 2. The number of hydrogen-bond donors (Lipinski definition) is 1. The zero-order chi connectivity index (χ0) is 16.3. The molecule has 0 aromatic heterocycles. The predicted octanol–water partition coefficient (Wildman–Crippen LogP) is 2.55. The SMILES string of the molecule is COC(=O)NC(C(=O)N1CCC2(C[C@H]1C)SCCS2)C(C)C. The first-order valence-corrected chi connectivity index (χ1v) is 9.78. The molecule has 1 unspecified atom stereocenters. The normalized spacial score (nSPS) is 25.3. The van der Waals surface area contributed by atoms with Crippen LogP contribution in [0.1, 0.15) is 33.6 Å². The topological polar surface area (TPSA) is 58.6 Å². The van der Waals surface area contributed by atoms with Crippen molar-refractivity contribution in [2.75, 3.05) is 25.2 Å². The number of rotatable bonds is 3. The molecule has 7 heteroatoms. The molecule has 0 aliphatic carbocycles. The Morgan fingerprint density at radius 3 is 2.45 bits per heavy atom. The van der Waals surface area contributed by atoms with Crippen molar-refractivity contribution in [1.82, 2.24) is 10.2 Å². The second-order valence-electron chi connectivity index (χ2n) is 6.30. The maximum Gasteiger partial charge on any atom is 0.407 e. The molecule has 2 fully saturated rings. The first kappa shape index (κ1) is 17.8. The van der Waals surface area contributed by atoms with E-state index >= 15 is 0 Å². The Balaban J connectivity index is 2.03. The van der Waals surface area contributed by atoms with Gasteiger partial charge in [-0.3, -0.25) is 4.79 Å². The molecular formula is C15H26N2O3S2. The van der Waals surface area contributed by atoms with Crippen LogP contribution in [0, 0.1) is 5.92 Å². The minimum absolute atomic E-state index is 0.00995. The molecule has 1 spiro atoms. The molecule has 2 heterocycles. The van der Waals surface area contributed by atoms with Crippen molar-refractivity contribution >= 4 is 35.5 Å². The highest BCUT2D eigenvalue weighted by Gasteiger charge is 2.44. The van der Waals surface area contributed by atoms with E-state index in [0.717, 1.165) is 19.4 Å². The second-order valence-corrected chi connectivity index (χ2v) is 9.52. The van der Waals surface area contributed by atoms with E-state index in [1.165, 1.54) is 18.6 Å². The highest BCUT2D eigenvalue weighted by atomic mass is 32.2. The van der Waals surface area contributed by atoms with Crippen molar-refractivity contribution in [2.45, 2.75) is 49.8 Å². The molecule has 5 nitrogen and oxygen atoms in total. The van der Waals surface area contributed by atoms with Crippen LogP contribution in [0.25, 0.3) is 0 Å². The van der Waals surface area contributed by atoms with Crippen LogP contribution in [-0.4, -0.2) is 58.2 Å². The van der Waals surface area contributed by atoms with Gasteiger partial charge in [-0.05, 0) is 25.7 Å². The summed E-state index contributed by atoms with van der Waals surface area (Å²) in [7, 11) is 1.32. The van der Waals surface area contributed by atoms with Crippen LogP contribution in [0.2, 0.25) is 0 Å². The number of nitrogens with zero attached hydrogens (tertiary/aromatic N) is 1. The molecule has 22 heavy (non-hydrogen) atoms. The zero-order valence-corrected chi connectivity index (χ0v) is 15.4. The Bertz CT molecular complexity index is 425. The minimum atomic E-state index is -0.546. The third kappa shape index (κ3) is 3.85. The molecule has 2 atom stereocenters.